The summed E-state index contributed by atoms with van der Waals surface area (Å²) in [4.78, 5) is 1.76. The van der Waals surface area contributed by atoms with Crippen molar-refractivity contribution in [1.82, 2.24) is 5.32 Å². The molecule has 1 N–H and O–H groups in total. The zero-order valence-corrected chi connectivity index (χ0v) is 7.74. The van der Waals surface area contributed by atoms with Gasteiger partial charge in [0.25, 0.3) is 0 Å². The third-order valence-corrected chi connectivity index (χ3v) is 2.83. The maximum Gasteiger partial charge on any atom is 0.116 e. The van der Waals surface area contributed by atoms with Crippen molar-refractivity contribution in [2.24, 2.45) is 0 Å². The Labute approximate surface area is 74.0 Å². The molecule has 1 heterocycles. The Morgan fingerprint density at radius 3 is 2.80 bits per heavy atom. The van der Waals surface area contributed by atoms with Gasteiger partial charge in [0.1, 0.15) is 4.99 Å². The Kier molecular flexibility index (Phi) is 2.65. The third kappa shape index (κ3) is 1.68. The molecular weight excluding hydrogens is 186 g/mol. The van der Waals surface area contributed by atoms with E-state index in [4.69, 9.17) is 23.8 Å². The summed E-state index contributed by atoms with van der Waals surface area (Å²) in [5.41, 5.74) is 0. The molecule has 0 amide bonds. The first-order valence-corrected chi connectivity index (χ1v) is 4.31. The molecular formula is C6H6ClNS2. The molecule has 1 aromatic rings. The number of nitrogens with one attached hydrogen (secondary N) is 1. The van der Waals surface area contributed by atoms with Crippen LogP contribution in [-0.4, -0.2) is 12.0 Å². The number of hydrogen-bond donors (Lipinski definition) is 1. The molecule has 1 aromatic heterocycles. The van der Waals surface area contributed by atoms with Gasteiger partial charge in [0.2, 0.25) is 0 Å². The van der Waals surface area contributed by atoms with Crippen molar-refractivity contribution in [2.45, 2.75) is 0 Å². The molecule has 0 atom stereocenters. The summed E-state index contributed by atoms with van der Waals surface area (Å²) in [5, 5.41) is 2.88. The van der Waals surface area contributed by atoms with Crippen LogP contribution in [0.3, 0.4) is 0 Å². The van der Waals surface area contributed by atoms with Crippen molar-refractivity contribution in [1.29, 1.82) is 0 Å². The van der Waals surface area contributed by atoms with Crippen LogP contribution >= 0.6 is 35.2 Å². The highest BCUT2D eigenvalue weighted by Crippen LogP contribution is 2.21. The van der Waals surface area contributed by atoms with Gasteiger partial charge < -0.3 is 5.32 Å². The highest BCUT2D eigenvalue weighted by Gasteiger charge is 2.00. The van der Waals surface area contributed by atoms with E-state index in [1.807, 2.05) is 12.1 Å². The van der Waals surface area contributed by atoms with Crippen molar-refractivity contribution in [3.05, 3.63) is 21.3 Å². The summed E-state index contributed by atoms with van der Waals surface area (Å²) < 4.78 is 0.771. The van der Waals surface area contributed by atoms with Gasteiger partial charge in [-0.15, -0.1) is 11.3 Å². The van der Waals surface area contributed by atoms with Gasteiger partial charge >= 0.3 is 0 Å². The molecule has 1 nitrogen and oxygen atoms in total. The van der Waals surface area contributed by atoms with E-state index >= 15 is 0 Å². The second-order valence-corrected chi connectivity index (χ2v) is 3.81. The van der Waals surface area contributed by atoms with Gasteiger partial charge in [-0.2, -0.15) is 0 Å². The summed E-state index contributed by atoms with van der Waals surface area (Å²) in [6.45, 7) is 0. The van der Waals surface area contributed by atoms with E-state index in [0.717, 1.165) is 14.2 Å². The van der Waals surface area contributed by atoms with Gasteiger partial charge in [0.05, 0.1) is 9.21 Å². The maximum absolute atomic E-state index is 5.69. The van der Waals surface area contributed by atoms with Gasteiger partial charge in [-0.05, 0) is 12.1 Å². The van der Waals surface area contributed by atoms with Crippen LogP contribution in [0.25, 0.3) is 0 Å². The van der Waals surface area contributed by atoms with Crippen molar-refractivity contribution in [3.63, 3.8) is 0 Å². The lowest BCUT2D eigenvalue weighted by Gasteiger charge is -1.95. The molecule has 4 heteroatoms. The van der Waals surface area contributed by atoms with Crippen LogP contribution in [0.4, 0.5) is 0 Å². The Hall–Kier alpha value is -0.120. The number of thiophene rings is 1. The molecule has 10 heavy (non-hydrogen) atoms. The molecule has 0 aliphatic heterocycles. The molecule has 1 rings (SSSR count). The molecule has 0 radical (unpaired) electrons. The lowest BCUT2D eigenvalue weighted by Crippen LogP contribution is -2.14. The largest absolute Gasteiger partial charge is 0.378 e. The van der Waals surface area contributed by atoms with Crippen LogP contribution in [0.1, 0.15) is 4.88 Å². The predicted octanol–water partition coefficient (Wildman–Crippen LogP) is 2.30. The van der Waals surface area contributed by atoms with E-state index in [1.165, 1.54) is 11.3 Å². The standard InChI is InChI=1S/C6H6ClNS2/c1-8-6(9)4-2-3-5(7)10-4/h2-3H,1H3,(H,8,9). The van der Waals surface area contributed by atoms with Gasteiger partial charge in [-0.3, -0.25) is 0 Å². The summed E-state index contributed by atoms with van der Waals surface area (Å²) in [6, 6.07) is 3.75. The highest BCUT2D eigenvalue weighted by atomic mass is 35.5. The minimum Gasteiger partial charge on any atom is -0.378 e. The molecule has 0 aromatic carbocycles. The smallest absolute Gasteiger partial charge is 0.116 e. The van der Waals surface area contributed by atoms with E-state index in [9.17, 15) is 0 Å². The molecule has 0 unspecified atom stereocenters. The molecule has 0 aliphatic carbocycles. The quantitative estimate of drug-likeness (QED) is 0.684. The molecule has 0 saturated heterocycles. The van der Waals surface area contributed by atoms with Crippen LogP contribution in [-0.2, 0) is 0 Å². The second-order valence-electron chi connectivity index (χ2n) is 1.68. The van der Waals surface area contributed by atoms with E-state index in [-0.39, 0.29) is 0 Å². The number of halogens is 1. The van der Waals surface area contributed by atoms with Crippen molar-refractivity contribution >= 4 is 40.1 Å². The number of thiocarbonyl (C=S) groups is 1. The molecule has 0 spiro atoms. The summed E-state index contributed by atoms with van der Waals surface area (Å²) >= 11 is 12.2. The Bertz CT molecular complexity index is 244. The first-order valence-electron chi connectivity index (χ1n) is 2.71. The zero-order valence-electron chi connectivity index (χ0n) is 5.35. The Morgan fingerprint density at radius 2 is 2.40 bits per heavy atom. The predicted molar refractivity (Wildman–Crippen MR) is 50.1 cm³/mol. The number of rotatable bonds is 1. The highest BCUT2D eigenvalue weighted by molar-refractivity contribution is 7.81. The first-order chi connectivity index (χ1) is 4.74. The summed E-state index contributed by atoms with van der Waals surface area (Å²) in [7, 11) is 1.80. The van der Waals surface area contributed by atoms with Crippen LogP contribution in [0, 0.1) is 0 Å². The van der Waals surface area contributed by atoms with E-state index in [1.54, 1.807) is 7.05 Å². The number of hydrogen-bond acceptors (Lipinski definition) is 2. The summed E-state index contributed by atoms with van der Waals surface area (Å²) in [5.74, 6) is 0. The fraction of sp³-hybridized carbons (Fsp3) is 0.167. The van der Waals surface area contributed by atoms with Gasteiger partial charge in [-0.1, -0.05) is 23.8 Å². The Morgan fingerprint density at radius 1 is 1.70 bits per heavy atom. The molecule has 0 saturated carbocycles. The van der Waals surface area contributed by atoms with Crippen LogP contribution < -0.4 is 5.32 Å². The summed E-state index contributed by atoms with van der Waals surface area (Å²) in [6.07, 6.45) is 0. The topological polar surface area (TPSA) is 12.0 Å². The average molecular weight is 192 g/mol. The second kappa shape index (κ2) is 3.32. The van der Waals surface area contributed by atoms with E-state index < -0.39 is 0 Å². The Balaban J connectivity index is 2.85. The van der Waals surface area contributed by atoms with Crippen LogP contribution in [0.5, 0.6) is 0 Å². The maximum atomic E-state index is 5.69. The van der Waals surface area contributed by atoms with Crippen molar-refractivity contribution in [2.75, 3.05) is 7.05 Å². The van der Waals surface area contributed by atoms with Gasteiger partial charge in [-0.25, -0.2) is 0 Å². The fourth-order valence-corrected chi connectivity index (χ4v) is 1.74. The molecule has 0 aliphatic rings. The van der Waals surface area contributed by atoms with Crippen LogP contribution in [0.15, 0.2) is 12.1 Å². The first kappa shape index (κ1) is 7.98. The minimum atomic E-state index is 0.747. The third-order valence-electron chi connectivity index (χ3n) is 1.02. The van der Waals surface area contributed by atoms with Gasteiger partial charge in [0, 0.05) is 7.05 Å². The van der Waals surface area contributed by atoms with E-state index in [2.05, 4.69) is 5.32 Å². The van der Waals surface area contributed by atoms with E-state index in [0.29, 0.717) is 0 Å². The normalized spacial score (nSPS) is 9.40. The SMILES string of the molecule is CNC(=S)c1ccc(Cl)s1. The van der Waals surface area contributed by atoms with Crippen molar-refractivity contribution in [3.8, 4) is 0 Å². The molecule has 0 fully saturated rings. The molecule has 0 bridgehead atoms. The minimum absolute atomic E-state index is 0.747. The zero-order chi connectivity index (χ0) is 7.56. The lowest BCUT2D eigenvalue weighted by molar-refractivity contribution is 1.21. The van der Waals surface area contributed by atoms with Crippen molar-refractivity contribution < 1.29 is 0 Å². The fourth-order valence-electron chi connectivity index (χ4n) is 0.560. The lowest BCUT2D eigenvalue weighted by atomic mass is 10.5. The van der Waals surface area contributed by atoms with Crippen LogP contribution in [0.2, 0.25) is 4.34 Å². The monoisotopic (exact) mass is 191 g/mol. The van der Waals surface area contributed by atoms with Gasteiger partial charge in [0.15, 0.2) is 0 Å². The average Bonchev–Trinajstić information content (AvgIpc) is 2.34. The molecule has 54 valence electrons.